The van der Waals surface area contributed by atoms with Gasteiger partial charge in [0.05, 0.1) is 0 Å². The second kappa shape index (κ2) is 10.5. The molecule has 0 spiro atoms. The van der Waals surface area contributed by atoms with Crippen molar-refractivity contribution < 1.29 is 4.79 Å². The number of amides is 1. The van der Waals surface area contributed by atoms with E-state index in [0.717, 1.165) is 24.2 Å². The predicted molar refractivity (Wildman–Crippen MR) is 116 cm³/mol. The molecule has 1 aliphatic rings. The van der Waals surface area contributed by atoms with E-state index in [9.17, 15) is 4.79 Å². The molecule has 1 aliphatic heterocycles. The highest BCUT2D eigenvalue weighted by atomic mass is 32.2. The molecule has 144 valence electrons. The molecule has 1 atom stereocenters. The first-order valence-electron chi connectivity index (χ1n) is 9.91. The number of likely N-dealkylation sites (tertiary alicyclic amines) is 1. The summed E-state index contributed by atoms with van der Waals surface area (Å²) in [6, 6.07) is 18.2. The zero-order chi connectivity index (χ0) is 18.9. The van der Waals surface area contributed by atoms with Gasteiger partial charge in [-0.2, -0.15) is 11.8 Å². The van der Waals surface area contributed by atoms with E-state index in [1.165, 1.54) is 43.7 Å². The Hall–Kier alpha value is -1.78. The summed E-state index contributed by atoms with van der Waals surface area (Å²) >= 11 is 1.92. The molecule has 1 saturated heterocycles. The Balaban J connectivity index is 1.47. The number of rotatable bonds is 8. The molecule has 4 heteroatoms. The number of piperidine rings is 1. The van der Waals surface area contributed by atoms with Crippen molar-refractivity contribution in [2.24, 2.45) is 5.92 Å². The van der Waals surface area contributed by atoms with Gasteiger partial charge in [-0.15, -0.1) is 0 Å². The first-order valence-corrected chi connectivity index (χ1v) is 11.3. The molecule has 3 nitrogen and oxygen atoms in total. The maximum Gasteiger partial charge on any atom is 0.251 e. The fourth-order valence-electron chi connectivity index (χ4n) is 3.74. The average Bonchev–Trinajstić information content (AvgIpc) is 2.73. The zero-order valence-electron chi connectivity index (χ0n) is 16.2. The van der Waals surface area contributed by atoms with E-state index >= 15 is 0 Å². The van der Waals surface area contributed by atoms with Crippen LogP contribution in [0.4, 0.5) is 0 Å². The maximum atomic E-state index is 12.5. The Morgan fingerprint density at radius 3 is 2.59 bits per heavy atom. The van der Waals surface area contributed by atoms with Gasteiger partial charge in [0.15, 0.2) is 0 Å². The second-order valence-electron chi connectivity index (χ2n) is 7.31. The second-order valence-corrected chi connectivity index (χ2v) is 8.29. The molecule has 0 saturated carbocycles. The summed E-state index contributed by atoms with van der Waals surface area (Å²) in [6.07, 6.45) is 5.88. The van der Waals surface area contributed by atoms with Crippen molar-refractivity contribution in [2.75, 3.05) is 38.2 Å². The van der Waals surface area contributed by atoms with Gasteiger partial charge in [0.1, 0.15) is 0 Å². The molecule has 2 aromatic rings. The number of nitrogens with zero attached hydrogens (tertiary/aromatic N) is 1. The number of thioether (sulfide) groups is 1. The van der Waals surface area contributed by atoms with Gasteiger partial charge in [-0.05, 0) is 73.5 Å². The minimum absolute atomic E-state index is 0.0362. The average molecular weight is 383 g/mol. The fraction of sp³-hybridized carbons (Fsp3) is 0.435. The van der Waals surface area contributed by atoms with Crippen molar-refractivity contribution in [1.82, 2.24) is 10.2 Å². The molecule has 2 aromatic carbocycles. The van der Waals surface area contributed by atoms with Crippen LogP contribution in [0.3, 0.4) is 0 Å². The molecule has 1 heterocycles. The first-order chi connectivity index (χ1) is 13.3. The monoisotopic (exact) mass is 382 g/mol. The van der Waals surface area contributed by atoms with Crippen LogP contribution in [0.25, 0.3) is 11.1 Å². The Labute approximate surface area is 167 Å². The van der Waals surface area contributed by atoms with Gasteiger partial charge < -0.3 is 10.2 Å². The molecular formula is C23H30N2OS. The number of carbonyl (C=O) groups excluding carboxylic acids is 1. The summed E-state index contributed by atoms with van der Waals surface area (Å²) in [5.41, 5.74) is 3.05. The molecule has 1 fully saturated rings. The van der Waals surface area contributed by atoms with Gasteiger partial charge in [0.25, 0.3) is 5.91 Å². The third-order valence-corrected chi connectivity index (χ3v) is 5.93. The molecule has 0 aliphatic carbocycles. The van der Waals surface area contributed by atoms with E-state index < -0.39 is 0 Å². The minimum atomic E-state index is 0.0362. The molecule has 0 unspecified atom stereocenters. The summed E-state index contributed by atoms with van der Waals surface area (Å²) in [5.74, 6) is 1.84. The van der Waals surface area contributed by atoms with Gasteiger partial charge in [-0.3, -0.25) is 4.79 Å². The SMILES string of the molecule is CSCCCN1CCC[C@@H](CNC(=O)c2ccc(-c3ccccc3)cc2)C1. The highest BCUT2D eigenvalue weighted by Crippen LogP contribution is 2.20. The number of hydrogen-bond donors (Lipinski definition) is 1. The lowest BCUT2D eigenvalue weighted by Crippen LogP contribution is -2.41. The van der Waals surface area contributed by atoms with Crippen LogP contribution in [-0.4, -0.2) is 49.0 Å². The highest BCUT2D eigenvalue weighted by molar-refractivity contribution is 7.98. The Kier molecular flexibility index (Phi) is 7.79. The van der Waals surface area contributed by atoms with Crippen LogP contribution in [0, 0.1) is 5.92 Å². The summed E-state index contributed by atoms with van der Waals surface area (Å²) in [6.45, 7) is 4.28. The van der Waals surface area contributed by atoms with Crippen molar-refractivity contribution >= 4 is 17.7 Å². The number of benzene rings is 2. The van der Waals surface area contributed by atoms with E-state index in [1.54, 1.807) is 0 Å². The molecule has 3 rings (SSSR count). The van der Waals surface area contributed by atoms with Crippen LogP contribution in [0.2, 0.25) is 0 Å². The van der Waals surface area contributed by atoms with Crippen molar-refractivity contribution in [3.05, 3.63) is 60.2 Å². The topological polar surface area (TPSA) is 32.3 Å². The molecule has 27 heavy (non-hydrogen) atoms. The van der Waals surface area contributed by atoms with Gasteiger partial charge in [0.2, 0.25) is 0 Å². The van der Waals surface area contributed by atoms with Crippen LogP contribution < -0.4 is 5.32 Å². The van der Waals surface area contributed by atoms with Crippen molar-refractivity contribution in [3.63, 3.8) is 0 Å². The maximum absolute atomic E-state index is 12.5. The van der Waals surface area contributed by atoms with Crippen LogP contribution in [0.1, 0.15) is 29.6 Å². The van der Waals surface area contributed by atoms with Gasteiger partial charge in [-0.1, -0.05) is 42.5 Å². The van der Waals surface area contributed by atoms with Crippen LogP contribution in [0.5, 0.6) is 0 Å². The third-order valence-electron chi connectivity index (χ3n) is 5.23. The largest absolute Gasteiger partial charge is 0.352 e. The van der Waals surface area contributed by atoms with Gasteiger partial charge in [0, 0.05) is 18.7 Å². The molecule has 0 radical (unpaired) electrons. The van der Waals surface area contributed by atoms with Crippen molar-refractivity contribution in [3.8, 4) is 11.1 Å². The van der Waals surface area contributed by atoms with Crippen LogP contribution >= 0.6 is 11.8 Å². The van der Waals surface area contributed by atoms with Crippen LogP contribution in [-0.2, 0) is 0 Å². The lowest BCUT2D eigenvalue weighted by Gasteiger charge is -2.32. The van der Waals surface area contributed by atoms with Crippen molar-refractivity contribution in [1.29, 1.82) is 0 Å². The van der Waals surface area contributed by atoms with E-state index in [0.29, 0.717) is 5.92 Å². The molecular weight excluding hydrogens is 352 g/mol. The number of nitrogens with one attached hydrogen (secondary N) is 1. The fourth-order valence-corrected chi connectivity index (χ4v) is 4.16. The zero-order valence-corrected chi connectivity index (χ0v) is 17.0. The minimum Gasteiger partial charge on any atom is -0.352 e. The van der Waals surface area contributed by atoms with E-state index in [4.69, 9.17) is 0 Å². The Morgan fingerprint density at radius 2 is 1.85 bits per heavy atom. The molecule has 0 aromatic heterocycles. The summed E-state index contributed by atoms with van der Waals surface area (Å²) in [7, 11) is 0. The molecule has 1 amide bonds. The Bertz CT molecular complexity index is 702. The van der Waals surface area contributed by atoms with Gasteiger partial charge >= 0.3 is 0 Å². The number of carbonyl (C=O) groups is 1. The highest BCUT2D eigenvalue weighted by Gasteiger charge is 2.20. The molecule has 0 bridgehead atoms. The Morgan fingerprint density at radius 1 is 1.11 bits per heavy atom. The summed E-state index contributed by atoms with van der Waals surface area (Å²) in [4.78, 5) is 15.1. The molecule has 1 N–H and O–H groups in total. The predicted octanol–water partition coefficient (Wildman–Crippen LogP) is 4.55. The van der Waals surface area contributed by atoms with Crippen molar-refractivity contribution in [2.45, 2.75) is 19.3 Å². The normalized spacial score (nSPS) is 17.6. The lowest BCUT2D eigenvalue weighted by atomic mass is 9.97. The van der Waals surface area contributed by atoms with Gasteiger partial charge in [-0.25, -0.2) is 0 Å². The third kappa shape index (κ3) is 6.12. The van der Waals surface area contributed by atoms with E-state index in [-0.39, 0.29) is 5.91 Å². The summed E-state index contributed by atoms with van der Waals surface area (Å²) in [5, 5.41) is 3.15. The quantitative estimate of drug-likeness (QED) is 0.680. The number of hydrogen-bond acceptors (Lipinski definition) is 3. The van der Waals surface area contributed by atoms with E-state index in [1.807, 2.05) is 54.2 Å². The smallest absolute Gasteiger partial charge is 0.251 e. The standard InChI is InChI=1S/C23H30N2OS/c1-27-16-6-15-25-14-5-7-19(18-25)17-24-23(26)22-12-10-21(11-13-22)20-8-3-2-4-9-20/h2-4,8-13,19H,5-7,14-18H2,1H3,(H,24,26)/t19-/m0/s1. The van der Waals surface area contributed by atoms with E-state index in [2.05, 4.69) is 28.6 Å². The summed E-state index contributed by atoms with van der Waals surface area (Å²) < 4.78 is 0. The van der Waals surface area contributed by atoms with Crippen LogP contribution in [0.15, 0.2) is 54.6 Å². The lowest BCUT2D eigenvalue weighted by molar-refractivity contribution is 0.0932. The first kappa shape index (κ1) is 20.0.